The summed E-state index contributed by atoms with van der Waals surface area (Å²) < 4.78 is 2.11. The molecule has 2 N–H and O–H groups in total. The number of nitrogens with zero attached hydrogens (tertiary/aromatic N) is 3. The van der Waals surface area contributed by atoms with Gasteiger partial charge in [0, 0.05) is 33.9 Å². The second kappa shape index (κ2) is 11.1. The molecule has 0 unspecified atom stereocenters. The van der Waals surface area contributed by atoms with Crippen molar-refractivity contribution in [2.45, 2.75) is 19.3 Å². The van der Waals surface area contributed by atoms with Crippen LogP contribution in [0.25, 0.3) is 20.8 Å². The van der Waals surface area contributed by atoms with E-state index in [4.69, 9.17) is 17.2 Å². The minimum absolute atomic E-state index is 0.0795. The smallest absolute Gasteiger partial charge is 0.293 e. The molecule has 37 heavy (non-hydrogen) atoms. The zero-order valence-electron chi connectivity index (χ0n) is 19.6. The van der Waals surface area contributed by atoms with Crippen LogP contribution in [-0.2, 0) is 0 Å². The number of nitro groups is 1. The monoisotopic (exact) mass is 643 g/mol. The molecule has 0 bridgehead atoms. The third-order valence-corrected chi connectivity index (χ3v) is 8.06. The number of benzene rings is 3. The average molecular weight is 644 g/mol. The number of nitro benzene ring substituents is 1. The van der Waals surface area contributed by atoms with Crippen LogP contribution in [0.3, 0.4) is 0 Å². The number of carbonyl (C=O) groups is 1. The fourth-order valence-corrected chi connectivity index (χ4v) is 6.02. The van der Waals surface area contributed by atoms with Crippen LogP contribution in [-0.4, -0.2) is 34.0 Å². The van der Waals surface area contributed by atoms with Gasteiger partial charge >= 0.3 is 0 Å². The number of hydrogen-bond acceptors (Lipinski definition) is 7. The Hall–Kier alpha value is -3.16. The van der Waals surface area contributed by atoms with Gasteiger partial charge in [-0.25, -0.2) is 4.98 Å². The van der Waals surface area contributed by atoms with Crippen molar-refractivity contribution in [3.8, 4) is 10.6 Å². The molecule has 188 valence electrons. The second-order valence-electron chi connectivity index (χ2n) is 8.59. The van der Waals surface area contributed by atoms with Gasteiger partial charge in [-0.3, -0.25) is 20.2 Å². The summed E-state index contributed by atoms with van der Waals surface area (Å²) in [5.41, 5.74) is 3.12. The fourth-order valence-electron chi connectivity index (χ4n) is 4.33. The molecule has 0 atom stereocenters. The van der Waals surface area contributed by atoms with Gasteiger partial charge in [0.25, 0.3) is 11.6 Å². The quantitative estimate of drug-likeness (QED) is 0.110. The third-order valence-electron chi connectivity index (χ3n) is 6.11. The van der Waals surface area contributed by atoms with E-state index in [1.54, 1.807) is 23.5 Å². The topological polar surface area (TPSA) is 100 Å². The minimum Gasteiger partial charge on any atom is -0.366 e. The third kappa shape index (κ3) is 5.73. The molecule has 0 saturated carbocycles. The predicted octanol–water partition coefficient (Wildman–Crippen LogP) is 6.59. The first kappa shape index (κ1) is 25.5. The Bertz CT molecular complexity index is 1480. The van der Waals surface area contributed by atoms with E-state index in [1.165, 1.54) is 6.07 Å². The molecule has 1 fully saturated rings. The highest BCUT2D eigenvalue weighted by Crippen LogP contribution is 2.36. The van der Waals surface area contributed by atoms with Crippen LogP contribution in [0.2, 0.25) is 0 Å². The van der Waals surface area contributed by atoms with Crippen molar-refractivity contribution in [1.82, 2.24) is 10.3 Å². The molecule has 0 radical (unpaired) electrons. The Morgan fingerprint density at radius 1 is 1.08 bits per heavy atom. The molecule has 0 spiro atoms. The van der Waals surface area contributed by atoms with Crippen molar-refractivity contribution in [3.63, 3.8) is 0 Å². The number of rotatable bonds is 5. The lowest BCUT2D eigenvalue weighted by Gasteiger charge is -2.28. The number of fused-ring (bicyclic) bond motifs is 1. The first-order valence-corrected chi connectivity index (χ1v) is 14.0. The summed E-state index contributed by atoms with van der Waals surface area (Å²) in [7, 11) is 0. The highest BCUT2D eigenvalue weighted by Gasteiger charge is 2.23. The number of piperidine rings is 1. The predicted molar refractivity (Wildman–Crippen MR) is 161 cm³/mol. The SMILES string of the molecule is O=C(NC(=S)Nc1ccc(I)cc1-c1nc2ccccc2s1)c1ccc(N2CCCCC2)c([N+](=O)[O-])c1. The van der Waals surface area contributed by atoms with Gasteiger partial charge < -0.3 is 10.2 Å². The van der Waals surface area contributed by atoms with E-state index in [2.05, 4.69) is 33.2 Å². The van der Waals surface area contributed by atoms with Gasteiger partial charge in [-0.05, 0) is 96.5 Å². The number of hydrogen-bond donors (Lipinski definition) is 2. The van der Waals surface area contributed by atoms with E-state index < -0.39 is 10.8 Å². The number of nitrogens with one attached hydrogen (secondary N) is 2. The number of thiocarbonyl (C=S) groups is 1. The second-order valence-corrected chi connectivity index (χ2v) is 11.3. The summed E-state index contributed by atoms with van der Waals surface area (Å²) >= 11 is 9.25. The maximum Gasteiger partial charge on any atom is 0.293 e. The molecule has 1 saturated heterocycles. The first-order valence-electron chi connectivity index (χ1n) is 11.7. The van der Waals surface area contributed by atoms with E-state index in [9.17, 15) is 14.9 Å². The normalized spacial score (nSPS) is 13.4. The number of anilines is 2. The zero-order chi connectivity index (χ0) is 25.9. The fraction of sp³-hybridized carbons (Fsp3) is 0.192. The Morgan fingerprint density at radius 3 is 2.62 bits per heavy atom. The van der Waals surface area contributed by atoms with Crippen LogP contribution in [0.5, 0.6) is 0 Å². The van der Waals surface area contributed by atoms with Gasteiger partial charge in [-0.1, -0.05) is 12.1 Å². The lowest BCUT2D eigenvalue weighted by molar-refractivity contribution is -0.384. The van der Waals surface area contributed by atoms with Gasteiger partial charge in [0.2, 0.25) is 0 Å². The molecule has 11 heteroatoms. The van der Waals surface area contributed by atoms with Crippen molar-refractivity contribution in [2.24, 2.45) is 0 Å². The van der Waals surface area contributed by atoms with Crippen LogP contribution in [0, 0.1) is 13.7 Å². The van der Waals surface area contributed by atoms with Crippen LogP contribution in [0.4, 0.5) is 17.1 Å². The number of halogens is 1. The lowest BCUT2D eigenvalue weighted by atomic mass is 10.1. The summed E-state index contributed by atoms with van der Waals surface area (Å²) in [4.78, 5) is 31.0. The number of amides is 1. The van der Waals surface area contributed by atoms with Gasteiger partial charge in [0.05, 0.1) is 20.8 Å². The molecule has 1 amide bonds. The summed E-state index contributed by atoms with van der Waals surface area (Å²) in [6.07, 6.45) is 3.12. The molecule has 5 rings (SSSR count). The van der Waals surface area contributed by atoms with E-state index in [0.717, 1.165) is 56.7 Å². The van der Waals surface area contributed by atoms with Crippen molar-refractivity contribution in [2.75, 3.05) is 23.3 Å². The highest BCUT2D eigenvalue weighted by atomic mass is 127. The molecule has 3 aromatic carbocycles. The molecular weight excluding hydrogens is 621 g/mol. The van der Waals surface area contributed by atoms with Crippen molar-refractivity contribution >= 4 is 84.4 Å². The van der Waals surface area contributed by atoms with Gasteiger partial charge in [-0.15, -0.1) is 11.3 Å². The highest BCUT2D eigenvalue weighted by molar-refractivity contribution is 14.1. The molecular formula is C26H22IN5O3S2. The van der Waals surface area contributed by atoms with E-state index in [1.807, 2.05) is 47.4 Å². The first-order chi connectivity index (χ1) is 17.9. The van der Waals surface area contributed by atoms with Crippen molar-refractivity contribution in [1.29, 1.82) is 0 Å². The van der Waals surface area contributed by atoms with Crippen LogP contribution < -0.4 is 15.5 Å². The lowest BCUT2D eigenvalue weighted by Crippen LogP contribution is -2.34. The van der Waals surface area contributed by atoms with E-state index in [-0.39, 0.29) is 16.4 Å². The Balaban J connectivity index is 1.35. The molecule has 1 aliphatic heterocycles. The zero-order valence-corrected chi connectivity index (χ0v) is 23.4. The van der Waals surface area contributed by atoms with Crippen LogP contribution in [0.1, 0.15) is 29.6 Å². The summed E-state index contributed by atoms with van der Waals surface area (Å²) in [5, 5.41) is 18.5. The standard InChI is InChI=1S/C26H22IN5O3S2/c27-17-9-10-19(18(15-17)25-28-20-6-2-3-7-23(20)37-25)29-26(36)30-24(33)16-8-11-21(22(14-16)32(34)35)31-12-4-1-5-13-31/h2-3,6-11,14-15H,1,4-5,12-13H2,(H2,29,30,33,36). The minimum atomic E-state index is -0.516. The molecule has 1 aromatic heterocycles. The number of carbonyl (C=O) groups excluding carboxylic acids is 1. The van der Waals surface area contributed by atoms with Crippen LogP contribution >= 0.6 is 46.1 Å². The number of aromatic nitrogens is 1. The summed E-state index contributed by atoms with van der Waals surface area (Å²) in [6.45, 7) is 1.54. The van der Waals surface area contributed by atoms with Gasteiger partial charge in [0.15, 0.2) is 5.11 Å². The largest absolute Gasteiger partial charge is 0.366 e. The van der Waals surface area contributed by atoms with E-state index >= 15 is 0 Å². The number of para-hydroxylation sites is 1. The summed E-state index contributed by atoms with van der Waals surface area (Å²) in [6, 6.07) is 18.3. The Kier molecular flexibility index (Phi) is 7.63. The summed E-state index contributed by atoms with van der Waals surface area (Å²) in [5.74, 6) is -0.516. The maximum atomic E-state index is 12.9. The van der Waals surface area contributed by atoms with Crippen LogP contribution in [0.15, 0.2) is 60.7 Å². The molecule has 2 heterocycles. The van der Waals surface area contributed by atoms with E-state index in [0.29, 0.717) is 11.4 Å². The maximum absolute atomic E-state index is 12.9. The number of thiazole rings is 1. The molecule has 8 nitrogen and oxygen atoms in total. The molecule has 1 aliphatic rings. The van der Waals surface area contributed by atoms with Crippen molar-refractivity contribution < 1.29 is 9.72 Å². The Morgan fingerprint density at radius 2 is 1.86 bits per heavy atom. The van der Waals surface area contributed by atoms with Gasteiger partial charge in [-0.2, -0.15) is 0 Å². The Labute approximate surface area is 236 Å². The molecule has 4 aromatic rings. The van der Waals surface area contributed by atoms with Crippen molar-refractivity contribution in [3.05, 3.63) is 79.9 Å². The average Bonchev–Trinajstić information content (AvgIpc) is 3.34. The molecule has 0 aliphatic carbocycles. The van der Waals surface area contributed by atoms with Gasteiger partial charge in [0.1, 0.15) is 10.7 Å².